The van der Waals surface area contributed by atoms with Crippen LogP contribution < -0.4 is 5.43 Å². The number of hydrogen-bond acceptors (Lipinski definition) is 2. The molecule has 2 rings (SSSR count). The molecule has 1 aromatic carbocycles. The number of hydrogen-bond donors (Lipinski definition) is 1. The van der Waals surface area contributed by atoms with Crippen LogP contribution in [0, 0.1) is 6.92 Å². The van der Waals surface area contributed by atoms with Gasteiger partial charge in [0.2, 0.25) is 0 Å². The number of aryl methyl sites for hydroxylation is 1. The van der Waals surface area contributed by atoms with E-state index in [1.54, 1.807) is 6.07 Å². The zero-order valence-electron chi connectivity index (χ0n) is 12.4. The number of nitrogens with zero attached hydrogens (tertiary/aromatic N) is 1. The van der Waals surface area contributed by atoms with E-state index >= 15 is 0 Å². The van der Waals surface area contributed by atoms with E-state index in [2.05, 4.69) is 5.43 Å². The second kappa shape index (κ2) is 5.12. The molecule has 0 saturated heterocycles. The topological polar surface area (TPSA) is 49.4 Å². The summed E-state index contributed by atoms with van der Waals surface area (Å²) in [6, 6.07) is 7.36. The predicted octanol–water partition coefficient (Wildman–Crippen LogP) is 2.60. The first-order valence-corrected chi connectivity index (χ1v) is 6.70. The molecule has 0 aromatic heterocycles. The van der Waals surface area contributed by atoms with Gasteiger partial charge in [0.05, 0.1) is 5.54 Å². The summed E-state index contributed by atoms with van der Waals surface area (Å²) in [6.07, 6.45) is 2.55. The molecule has 0 aliphatic heterocycles. The highest BCUT2D eigenvalue weighted by molar-refractivity contribution is 6.01. The summed E-state index contributed by atoms with van der Waals surface area (Å²) in [7, 11) is 0. The molecule has 0 bridgehead atoms. The van der Waals surface area contributed by atoms with Crippen LogP contribution in [0.5, 0.6) is 0 Å². The Balaban J connectivity index is 2.24. The summed E-state index contributed by atoms with van der Waals surface area (Å²) in [5, 5.41) is 1.41. The summed E-state index contributed by atoms with van der Waals surface area (Å²) in [5.74, 6) is -0.392. The third kappa shape index (κ3) is 3.26. The molecule has 20 heavy (non-hydrogen) atoms. The lowest BCUT2D eigenvalue weighted by molar-refractivity contribution is -0.122. The van der Waals surface area contributed by atoms with E-state index in [9.17, 15) is 9.59 Å². The quantitative estimate of drug-likeness (QED) is 0.841. The lowest BCUT2D eigenvalue weighted by atomic mass is 10.1. The fourth-order valence-corrected chi connectivity index (χ4v) is 1.84. The minimum atomic E-state index is -0.494. The van der Waals surface area contributed by atoms with Crippen LogP contribution in [0.3, 0.4) is 0 Å². The van der Waals surface area contributed by atoms with Crippen molar-refractivity contribution in [2.75, 3.05) is 0 Å². The zero-order valence-corrected chi connectivity index (χ0v) is 12.4. The normalized spacial score (nSPS) is 13.5. The molecule has 2 amide bonds. The zero-order chi connectivity index (χ0) is 14.9. The Kier molecular flexibility index (Phi) is 3.66. The van der Waals surface area contributed by atoms with Gasteiger partial charge in [-0.1, -0.05) is 23.8 Å². The maximum atomic E-state index is 12.6. The van der Waals surface area contributed by atoms with Crippen molar-refractivity contribution in [1.82, 2.24) is 10.4 Å². The summed E-state index contributed by atoms with van der Waals surface area (Å²) in [6.45, 7) is 7.61. The molecule has 1 aliphatic rings. The first-order valence-electron chi connectivity index (χ1n) is 6.70. The maximum Gasteiger partial charge on any atom is 0.272 e. The summed E-state index contributed by atoms with van der Waals surface area (Å²) < 4.78 is 0. The lowest BCUT2D eigenvalue weighted by Crippen LogP contribution is -2.55. The lowest BCUT2D eigenvalue weighted by Gasteiger charge is -2.35. The van der Waals surface area contributed by atoms with Crippen LogP contribution in [0.15, 0.2) is 35.9 Å². The minimum Gasteiger partial charge on any atom is -0.268 e. The molecule has 4 nitrogen and oxygen atoms in total. The van der Waals surface area contributed by atoms with Crippen molar-refractivity contribution in [1.29, 1.82) is 0 Å². The van der Waals surface area contributed by atoms with Crippen molar-refractivity contribution in [3.63, 3.8) is 0 Å². The third-order valence-electron chi connectivity index (χ3n) is 3.05. The SMILES string of the molecule is Cc1cccc(C(=O)N(NC(=O)C2=CC2)C(C)(C)C)c1. The summed E-state index contributed by atoms with van der Waals surface area (Å²) in [5.41, 5.74) is 4.54. The molecule has 1 aliphatic carbocycles. The number of amides is 2. The van der Waals surface area contributed by atoms with Crippen LogP contribution in [0.2, 0.25) is 0 Å². The van der Waals surface area contributed by atoms with Crippen molar-refractivity contribution < 1.29 is 9.59 Å². The number of allylic oxidation sites excluding steroid dienone is 1. The third-order valence-corrected chi connectivity index (χ3v) is 3.05. The molecule has 0 spiro atoms. The van der Waals surface area contributed by atoms with Crippen LogP contribution in [-0.2, 0) is 4.79 Å². The van der Waals surface area contributed by atoms with E-state index in [1.807, 2.05) is 52.0 Å². The number of carbonyl (C=O) groups is 2. The Hall–Kier alpha value is -2.10. The van der Waals surface area contributed by atoms with Gasteiger partial charge in [-0.2, -0.15) is 0 Å². The Labute approximate surface area is 119 Å². The largest absolute Gasteiger partial charge is 0.272 e. The molecular formula is C16H20N2O2. The number of hydrazine groups is 1. The van der Waals surface area contributed by atoms with Gasteiger partial charge >= 0.3 is 0 Å². The van der Waals surface area contributed by atoms with Gasteiger partial charge in [-0.15, -0.1) is 0 Å². The fourth-order valence-electron chi connectivity index (χ4n) is 1.84. The van der Waals surface area contributed by atoms with Crippen LogP contribution in [0.25, 0.3) is 0 Å². The highest BCUT2D eigenvalue weighted by Crippen LogP contribution is 2.21. The van der Waals surface area contributed by atoms with Crippen molar-refractivity contribution in [2.24, 2.45) is 0 Å². The summed E-state index contributed by atoms with van der Waals surface area (Å²) >= 11 is 0. The van der Waals surface area contributed by atoms with E-state index in [4.69, 9.17) is 0 Å². The number of nitrogens with one attached hydrogen (secondary N) is 1. The molecule has 1 aromatic rings. The molecule has 0 saturated carbocycles. The Morgan fingerprint density at radius 1 is 1.25 bits per heavy atom. The minimum absolute atomic E-state index is 0.194. The number of carbonyl (C=O) groups excluding carboxylic acids is 2. The first-order chi connectivity index (χ1) is 9.29. The Morgan fingerprint density at radius 2 is 1.90 bits per heavy atom. The molecule has 1 N–H and O–H groups in total. The van der Waals surface area contributed by atoms with E-state index in [-0.39, 0.29) is 11.8 Å². The second-order valence-electron chi connectivity index (χ2n) is 6.06. The van der Waals surface area contributed by atoms with Crippen molar-refractivity contribution >= 4 is 11.8 Å². The molecular weight excluding hydrogens is 252 g/mol. The highest BCUT2D eigenvalue weighted by Gasteiger charge is 2.31. The van der Waals surface area contributed by atoms with Gasteiger partial charge < -0.3 is 0 Å². The van der Waals surface area contributed by atoms with Crippen LogP contribution in [0.4, 0.5) is 0 Å². The van der Waals surface area contributed by atoms with Crippen molar-refractivity contribution in [3.05, 3.63) is 47.0 Å². The fraction of sp³-hybridized carbons (Fsp3) is 0.375. The molecule has 0 unspecified atom stereocenters. The smallest absolute Gasteiger partial charge is 0.268 e. The van der Waals surface area contributed by atoms with E-state index < -0.39 is 5.54 Å². The maximum absolute atomic E-state index is 12.6. The Bertz CT molecular complexity index is 582. The van der Waals surface area contributed by atoms with Crippen molar-refractivity contribution in [3.8, 4) is 0 Å². The van der Waals surface area contributed by atoms with E-state index in [0.717, 1.165) is 11.1 Å². The second-order valence-corrected chi connectivity index (χ2v) is 6.06. The molecule has 0 radical (unpaired) electrons. The van der Waals surface area contributed by atoms with E-state index in [1.165, 1.54) is 5.01 Å². The summed E-state index contributed by atoms with van der Waals surface area (Å²) in [4.78, 5) is 24.5. The molecule has 106 valence electrons. The van der Waals surface area contributed by atoms with Gasteiger partial charge in [0.15, 0.2) is 0 Å². The van der Waals surface area contributed by atoms with Gasteiger partial charge in [0, 0.05) is 11.1 Å². The van der Waals surface area contributed by atoms with Crippen LogP contribution in [0.1, 0.15) is 43.1 Å². The Morgan fingerprint density at radius 3 is 2.40 bits per heavy atom. The molecule has 4 heteroatoms. The van der Waals surface area contributed by atoms with Crippen LogP contribution >= 0.6 is 0 Å². The van der Waals surface area contributed by atoms with Gasteiger partial charge in [-0.3, -0.25) is 15.0 Å². The van der Waals surface area contributed by atoms with Gasteiger partial charge in [0.1, 0.15) is 0 Å². The van der Waals surface area contributed by atoms with E-state index in [0.29, 0.717) is 12.0 Å². The average molecular weight is 272 g/mol. The number of rotatable bonds is 2. The van der Waals surface area contributed by atoms with Gasteiger partial charge in [0.25, 0.3) is 11.8 Å². The van der Waals surface area contributed by atoms with Gasteiger partial charge in [-0.25, -0.2) is 5.01 Å². The molecule has 0 heterocycles. The standard InChI is InChI=1S/C16H20N2O2/c1-11-6-5-7-13(10-11)15(20)18(16(2,3)4)17-14(19)12-8-9-12/h5-8,10H,9H2,1-4H3,(H,17,19). The predicted molar refractivity (Wildman–Crippen MR) is 77.9 cm³/mol. The first kappa shape index (κ1) is 14.3. The molecule has 0 atom stereocenters. The monoisotopic (exact) mass is 272 g/mol. The van der Waals surface area contributed by atoms with Crippen molar-refractivity contribution in [2.45, 2.75) is 39.7 Å². The van der Waals surface area contributed by atoms with Gasteiger partial charge in [-0.05, 0) is 46.2 Å². The average Bonchev–Trinajstić information content (AvgIpc) is 3.17. The highest BCUT2D eigenvalue weighted by atomic mass is 16.2. The number of benzene rings is 1. The van der Waals surface area contributed by atoms with Crippen LogP contribution in [-0.4, -0.2) is 22.4 Å². The molecule has 0 fully saturated rings.